The summed E-state index contributed by atoms with van der Waals surface area (Å²) in [6.45, 7) is 7.17. The summed E-state index contributed by atoms with van der Waals surface area (Å²) in [4.78, 5) is 13.9. The second kappa shape index (κ2) is 7.12. The van der Waals surface area contributed by atoms with Gasteiger partial charge in [0.1, 0.15) is 0 Å². The number of amides is 1. The monoisotopic (exact) mass is 272 g/mol. The molecule has 1 aromatic rings. The van der Waals surface area contributed by atoms with Crippen LogP contribution in [0.5, 0.6) is 0 Å². The Morgan fingerprint density at radius 1 is 1.35 bits per heavy atom. The first-order valence-corrected chi connectivity index (χ1v) is 6.84. The molecule has 0 fully saturated rings. The third-order valence-electron chi connectivity index (χ3n) is 2.79. The molecule has 2 N–H and O–H groups in total. The molecule has 20 heavy (non-hydrogen) atoms. The SMILES string of the molecule is CN(Cc1cccc(C#CCN)c1)C(=O)CC(C)(C)C. The molecule has 0 spiro atoms. The number of nitrogens with zero attached hydrogens (tertiary/aromatic N) is 1. The Balaban J connectivity index is 2.70. The average molecular weight is 272 g/mol. The summed E-state index contributed by atoms with van der Waals surface area (Å²) >= 11 is 0. The molecule has 1 amide bonds. The van der Waals surface area contributed by atoms with Crippen molar-refractivity contribution >= 4 is 5.91 Å². The molecule has 0 saturated carbocycles. The van der Waals surface area contributed by atoms with E-state index < -0.39 is 0 Å². The Morgan fingerprint density at radius 3 is 2.65 bits per heavy atom. The summed E-state index contributed by atoms with van der Waals surface area (Å²) in [5.41, 5.74) is 7.40. The van der Waals surface area contributed by atoms with Crippen molar-refractivity contribution in [3.63, 3.8) is 0 Å². The molecule has 0 atom stereocenters. The second-order valence-electron chi connectivity index (χ2n) is 6.19. The molecule has 3 heteroatoms. The maximum atomic E-state index is 12.1. The molecule has 0 bridgehead atoms. The van der Waals surface area contributed by atoms with Crippen LogP contribution >= 0.6 is 0 Å². The van der Waals surface area contributed by atoms with Crippen LogP contribution in [-0.2, 0) is 11.3 Å². The molecular weight excluding hydrogens is 248 g/mol. The van der Waals surface area contributed by atoms with Gasteiger partial charge >= 0.3 is 0 Å². The number of hydrogen-bond acceptors (Lipinski definition) is 2. The van der Waals surface area contributed by atoms with Crippen LogP contribution in [0.2, 0.25) is 0 Å². The van der Waals surface area contributed by atoms with E-state index in [1.807, 2.05) is 31.3 Å². The molecular formula is C17H24N2O. The largest absolute Gasteiger partial charge is 0.341 e. The van der Waals surface area contributed by atoms with Crippen LogP contribution < -0.4 is 5.73 Å². The van der Waals surface area contributed by atoms with E-state index in [0.717, 1.165) is 11.1 Å². The van der Waals surface area contributed by atoms with Gasteiger partial charge in [-0.15, -0.1) is 0 Å². The Kier molecular flexibility index (Phi) is 5.79. The molecule has 0 aliphatic carbocycles. The predicted octanol–water partition coefficient (Wildman–Crippen LogP) is 2.39. The van der Waals surface area contributed by atoms with Crippen LogP contribution in [-0.4, -0.2) is 24.4 Å². The first-order chi connectivity index (χ1) is 9.31. The van der Waals surface area contributed by atoms with Crippen LogP contribution in [0.1, 0.15) is 38.3 Å². The summed E-state index contributed by atoms with van der Waals surface area (Å²) in [6.07, 6.45) is 0.552. The van der Waals surface area contributed by atoms with Gasteiger partial charge in [-0.3, -0.25) is 4.79 Å². The van der Waals surface area contributed by atoms with Crippen molar-refractivity contribution in [2.75, 3.05) is 13.6 Å². The van der Waals surface area contributed by atoms with E-state index in [9.17, 15) is 4.79 Å². The van der Waals surface area contributed by atoms with Gasteiger partial charge in [0.2, 0.25) is 5.91 Å². The number of nitrogens with two attached hydrogens (primary N) is 1. The van der Waals surface area contributed by atoms with E-state index >= 15 is 0 Å². The lowest BCUT2D eigenvalue weighted by atomic mass is 9.91. The van der Waals surface area contributed by atoms with Crippen molar-refractivity contribution in [3.8, 4) is 11.8 Å². The van der Waals surface area contributed by atoms with Crippen molar-refractivity contribution in [2.45, 2.75) is 33.7 Å². The number of rotatable bonds is 3. The first-order valence-electron chi connectivity index (χ1n) is 6.84. The second-order valence-corrected chi connectivity index (χ2v) is 6.19. The zero-order valence-electron chi connectivity index (χ0n) is 12.9. The van der Waals surface area contributed by atoms with Gasteiger partial charge in [0.15, 0.2) is 0 Å². The number of benzene rings is 1. The van der Waals surface area contributed by atoms with Crippen molar-refractivity contribution in [1.82, 2.24) is 4.90 Å². The Morgan fingerprint density at radius 2 is 2.05 bits per heavy atom. The fourth-order valence-electron chi connectivity index (χ4n) is 1.85. The zero-order valence-corrected chi connectivity index (χ0v) is 12.9. The molecule has 0 aliphatic heterocycles. The van der Waals surface area contributed by atoms with Crippen molar-refractivity contribution in [2.24, 2.45) is 11.1 Å². The molecule has 1 rings (SSSR count). The number of carbonyl (C=O) groups is 1. The van der Waals surface area contributed by atoms with Gasteiger partial charge in [-0.25, -0.2) is 0 Å². The van der Waals surface area contributed by atoms with E-state index in [2.05, 4.69) is 32.6 Å². The van der Waals surface area contributed by atoms with Gasteiger partial charge in [0.25, 0.3) is 0 Å². The van der Waals surface area contributed by atoms with Crippen LogP contribution in [0, 0.1) is 17.3 Å². The van der Waals surface area contributed by atoms with Crippen LogP contribution in [0.3, 0.4) is 0 Å². The van der Waals surface area contributed by atoms with Crippen LogP contribution in [0.15, 0.2) is 24.3 Å². The summed E-state index contributed by atoms with van der Waals surface area (Å²) in [5.74, 6) is 6.01. The van der Waals surface area contributed by atoms with Gasteiger partial charge in [0, 0.05) is 25.6 Å². The van der Waals surface area contributed by atoms with Gasteiger partial charge in [-0.05, 0) is 23.1 Å². The summed E-state index contributed by atoms with van der Waals surface area (Å²) in [7, 11) is 1.84. The quantitative estimate of drug-likeness (QED) is 0.859. The Bertz CT molecular complexity index is 518. The lowest BCUT2D eigenvalue weighted by molar-refractivity contribution is -0.132. The third-order valence-corrected chi connectivity index (χ3v) is 2.79. The molecule has 0 heterocycles. The van der Waals surface area contributed by atoms with Crippen LogP contribution in [0.4, 0.5) is 0 Å². The lowest BCUT2D eigenvalue weighted by Gasteiger charge is -2.23. The molecule has 3 nitrogen and oxygen atoms in total. The van der Waals surface area contributed by atoms with Gasteiger partial charge in [-0.1, -0.05) is 44.7 Å². The van der Waals surface area contributed by atoms with Crippen molar-refractivity contribution in [1.29, 1.82) is 0 Å². The molecule has 0 unspecified atom stereocenters. The molecule has 108 valence electrons. The van der Waals surface area contributed by atoms with Gasteiger partial charge in [-0.2, -0.15) is 0 Å². The van der Waals surface area contributed by atoms with E-state index in [1.165, 1.54) is 0 Å². The highest BCUT2D eigenvalue weighted by molar-refractivity contribution is 5.76. The number of carbonyl (C=O) groups excluding carboxylic acids is 1. The van der Waals surface area contributed by atoms with E-state index in [-0.39, 0.29) is 11.3 Å². The molecule has 1 aromatic carbocycles. The first kappa shape index (κ1) is 16.3. The van der Waals surface area contributed by atoms with E-state index in [1.54, 1.807) is 4.90 Å². The Hall–Kier alpha value is -1.79. The predicted molar refractivity (Wildman–Crippen MR) is 82.9 cm³/mol. The molecule has 0 aromatic heterocycles. The minimum atomic E-state index is 0.0137. The smallest absolute Gasteiger partial charge is 0.223 e. The highest BCUT2D eigenvalue weighted by atomic mass is 16.2. The summed E-state index contributed by atoms with van der Waals surface area (Å²) in [6, 6.07) is 7.92. The molecule has 0 radical (unpaired) electrons. The minimum absolute atomic E-state index is 0.0137. The van der Waals surface area contributed by atoms with Crippen molar-refractivity contribution < 1.29 is 4.79 Å². The summed E-state index contributed by atoms with van der Waals surface area (Å²) < 4.78 is 0. The van der Waals surface area contributed by atoms with Gasteiger partial charge in [0.05, 0.1) is 6.54 Å². The molecule has 0 saturated heterocycles. The highest BCUT2D eigenvalue weighted by Gasteiger charge is 2.18. The normalized spacial score (nSPS) is 10.7. The summed E-state index contributed by atoms with van der Waals surface area (Å²) in [5, 5.41) is 0. The fraction of sp³-hybridized carbons (Fsp3) is 0.471. The maximum Gasteiger partial charge on any atom is 0.223 e. The van der Waals surface area contributed by atoms with Crippen LogP contribution in [0.25, 0.3) is 0 Å². The third kappa shape index (κ3) is 5.90. The fourth-order valence-corrected chi connectivity index (χ4v) is 1.85. The maximum absolute atomic E-state index is 12.1. The standard InChI is InChI=1S/C17H24N2O/c1-17(2,3)12-16(20)19(4)13-15-8-5-7-14(11-15)9-6-10-18/h5,7-8,11H,10,12-13,18H2,1-4H3. The average Bonchev–Trinajstić information content (AvgIpc) is 2.34. The zero-order chi connectivity index (χ0) is 15.2. The van der Waals surface area contributed by atoms with E-state index in [0.29, 0.717) is 19.5 Å². The highest BCUT2D eigenvalue weighted by Crippen LogP contribution is 2.20. The topological polar surface area (TPSA) is 46.3 Å². The minimum Gasteiger partial charge on any atom is -0.341 e. The number of hydrogen-bond donors (Lipinski definition) is 1. The molecule has 0 aliphatic rings. The Labute approximate surface area is 122 Å². The van der Waals surface area contributed by atoms with E-state index in [4.69, 9.17) is 5.73 Å². The lowest BCUT2D eigenvalue weighted by Crippen LogP contribution is -2.29. The van der Waals surface area contributed by atoms with Crippen molar-refractivity contribution in [3.05, 3.63) is 35.4 Å². The van der Waals surface area contributed by atoms with Gasteiger partial charge < -0.3 is 10.6 Å².